The number of aryl methyl sites for hydroxylation is 2. The van der Waals surface area contributed by atoms with Crippen LogP contribution in [0.1, 0.15) is 23.6 Å². The van der Waals surface area contributed by atoms with Crippen LogP contribution in [0.5, 0.6) is 0 Å². The zero-order chi connectivity index (χ0) is 18.2. The van der Waals surface area contributed by atoms with Gasteiger partial charge in [0.15, 0.2) is 5.96 Å². The van der Waals surface area contributed by atoms with Crippen LogP contribution >= 0.6 is 0 Å². The minimum atomic E-state index is -0.330. The van der Waals surface area contributed by atoms with Crippen molar-refractivity contribution in [3.8, 4) is 0 Å². The van der Waals surface area contributed by atoms with E-state index in [1.54, 1.807) is 0 Å². The molecule has 1 aliphatic heterocycles. The molecule has 25 heavy (non-hydrogen) atoms. The number of carbonyl (C=O) groups is 2. The molecule has 1 aliphatic rings. The van der Waals surface area contributed by atoms with Crippen molar-refractivity contribution >= 4 is 17.9 Å². The normalized spacial score (nSPS) is 14.7. The number of guanidine groups is 1. The van der Waals surface area contributed by atoms with Gasteiger partial charge in [-0.2, -0.15) is 0 Å². The molecule has 1 saturated heterocycles. The van der Waals surface area contributed by atoms with Gasteiger partial charge in [0, 0.05) is 26.2 Å². The number of nitrogens with one attached hydrogen (secondary N) is 3. The van der Waals surface area contributed by atoms with Gasteiger partial charge in [-0.15, -0.1) is 0 Å². The number of nitrogens with zero attached hydrogens (tertiary/aromatic N) is 2. The third kappa shape index (κ3) is 5.77. The van der Waals surface area contributed by atoms with Crippen LogP contribution in [0, 0.1) is 13.8 Å². The fourth-order valence-electron chi connectivity index (χ4n) is 2.82. The van der Waals surface area contributed by atoms with Crippen molar-refractivity contribution in [1.82, 2.24) is 20.9 Å². The first-order valence-electron chi connectivity index (χ1n) is 8.67. The maximum absolute atomic E-state index is 11.5. The van der Waals surface area contributed by atoms with E-state index in [1.165, 1.54) is 21.6 Å². The van der Waals surface area contributed by atoms with Crippen LogP contribution in [0.2, 0.25) is 0 Å². The standard InChI is InChI=1S/C18H27N5O2/c1-4-19-17(21-7-8-23-16(24)12-22-18(23)25)20-6-5-15-10-13(2)9-14(3)11-15/h9-11H,4-8,12H2,1-3H3,(H,22,25)(H2,19,20,21). The average Bonchev–Trinajstić information content (AvgIpc) is 2.86. The maximum Gasteiger partial charge on any atom is 0.324 e. The van der Waals surface area contributed by atoms with E-state index in [2.05, 4.69) is 53.0 Å². The van der Waals surface area contributed by atoms with E-state index in [1.807, 2.05) is 6.92 Å². The van der Waals surface area contributed by atoms with E-state index in [9.17, 15) is 9.59 Å². The molecule has 1 aromatic rings. The molecular weight excluding hydrogens is 318 g/mol. The summed E-state index contributed by atoms with van der Waals surface area (Å²) in [6.07, 6.45) is 0.867. The van der Waals surface area contributed by atoms with Crippen molar-refractivity contribution in [2.45, 2.75) is 27.2 Å². The van der Waals surface area contributed by atoms with Crippen LogP contribution in [-0.2, 0) is 11.2 Å². The molecule has 1 aromatic carbocycles. The Hall–Kier alpha value is -2.57. The Morgan fingerprint density at radius 2 is 1.92 bits per heavy atom. The first kappa shape index (κ1) is 18.8. The Labute approximate surface area is 148 Å². The third-order valence-electron chi connectivity index (χ3n) is 3.86. The van der Waals surface area contributed by atoms with Crippen molar-refractivity contribution in [2.24, 2.45) is 4.99 Å². The lowest BCUT2D eigenvalue weighted by atomic mass is 10.1. The Bertz CT molecular complexity index is 621. The van der Waals surface area contributed by atoms with E-state index >= 15 is 0 Å². The lowest BCUT2D eigenvalue weighted by molar-refractivity contribution is -0.124. The van der Waals surface area contributed by atoms with Gasteiger partial charge in [-0.1, -0.05) is 29.3 Å². The lowest BCUT2D eigenvalue weighted by Gasteiger charge is -2.15. The zero-order valence-corrected chi connectivity index (χ0v) is 15.2. The highest BCUT2D eigenvalue weighted by molar-refractivity contribution is 6.01. The van der Waals surface area contributed by atoms with Gasteiger partial charge in [-0.25, -0.2) is 4.79 Å². The fourth-order valence-corrected chi connectivity index (χ4v) is 2.82. The second-order valence-corrected chi connectivity index (χ2v) is 6.14. The molecule has 2 rings (SSSR count). The number of aliphatic imine (C=N–C) groups is 1. The minimum Gasteiger partial charge on any atom is -0.357 e. The van der Waals surface area contributed by atoms with E-state index in [4.69, 9.17) is 0 Å². The summed E-state index contributed by atoms with van der Waals surface area (Å²) in [6.45, 7) is 8.49. The smallest absolute Gasteiger partial charge is 0.324 e. The van der Waals surface area contributed by atoms with E-state index < -0.39 is 0 Å². The summed E-state index contributed by atoms with van der Waals surface area (Å²) in [5.74, 6) is 0.502. The molecule has 136 valence electrons. The second-order valence-electron chi connectivity index (χ2n) is 6.14. The summed E-state index contributed by atoms with van der Waals surface area (Å²) in [5.41, 5.74) is 3.80. The molecule has 3 amide bonds. The van der Waals surface area contributed by atoms with Crippen molar-refractivity contribution in [1.29, 1.82) is 0 Å². The highest BCUT2D eigenvalue weighted by atomic mass is 16.2. The van der Waals surface area contributed by atoms with Crippen LogP contribution in [0.4, 0.5) is 4.79 Å². The number of hydrogen-bond acceptors (Lipinski definition) is 3. The van der Waals surface area contributed by atoms with Gasteiger partial charge >= 0.3 is 6.03 Å². The molecule has 0 unspecified atom stereocenters. The molecule has 7 nitrogen and oxygen atoms in total. The largest absolute Gasteiger partial charge is 0.357 e. The van der Waals surface area contributed by atoms with Crippen molar-refractivity contribution in [2.75, 3.05) is 32.7 Å². The molecule has 0 aromatic heterocycles. The molecule has 1 heterocycles. The van der Waals surface area contributed by atoms with Gasteiger partial charge in [0.25, 0.3) is 0 Å². The van der Waals surface area contributed by atoms with Gasteiger partial charge in [-0.3, -0.25) is 14.7 Å². The maximum atomic E-state index is 11.5. The Balaban J connectivity index is 1.83. The summed E-state index contributed by atoms with van der Waals surface area (Å²) >= 11 is 0. The van der Waals surface area contributed by atoms with Gasteiger partial charge < -0.3 is 16.0 Å². The number of rotatable bonds is 7. The minimum absolute atomic E-state index is 0.0862. The van der Waals surface area contributed by atoms with Gasteiger partial charge in [-0.05, 0) is 32.8 Å². The number of hydrogen-bond donors (Lipinski definition) is 3. The van der Waals surface area contributed by atoms with Crippen LogP contribution in [0.15, 0.2) is 23.2 Å². The molecule has 0 radical (unpaired) electrons. The number of benzene rings is 1. The summed E-state index contributed by atoms with van der Waals surface area (Å²) in [5, 5.41) is 8.85. The second kappa shape index (κ2) is 9.05. The number of urea groups is 1. The predicted molar refractivity (Wildman–Crippen MR) is 98.7 cm³/mol. The Morgan fingerprint density at radius 3 is 2.52 bits per heavy atom. The summed E-state index contributed by atoms with van der Waals surface area (Å²) in [6, 6.07) is 6.19. The topological polar surface area (TPSA) is 85.8 Å². The summed E-state index contributed by atoms with van der Waals surface area (Å²) in [7, 11) is 0. The highest BCUT2D eigenvalue weighted by Gasteiger charge is 2.27. The molecule has 0 spiro atoms. The average molecular weight is 345 g/mol. The van der Waals surface area contributed by atoms with E-state index in [0.717, 1.165) is 13.0 Å². The zero-order valence-electron chi connectivity index (χ0n) is 15.2. The SMILES string of the molecule is CCNC(=NCCc1cc(C)cc(C)c1)NCCN1C(=O)CNC1=O. The Kier molecular flexibility index (Phi) is 6.80. The molecule has 0 aliphatic carbocycles. The molecule has 0 atom stereocenters. The number of imide groups is 1. The van der Waals surface area contributed by atoms with Crippen molar-refractivity contribution < 1.29 is 9.59 Å². The van der Waals surface area contributed by atoms with Crippen molar-refractivity contribution in [3.05, 3.63) is 34.9 Å². The molecule has 0 saturated carbocycles. The molecule has 3 N–H and O–H groups in total. The Morgan fingerprint density at radius 1 is 1.20 bits per heavy atom. The van der Waals surface area contributed by atoms with Gasteiger partial charge in [0.05, 0.1) is 6.54 Å². The van der Waals surface area contributed by atoms with Crippen molar-refractivity contribution in [3.63, 3.8) is 0 Å². The fraction of sp³-hybridized carbons (Fsp3) is 0.500. The van der Waals surface area contributed by atoms with Crippen LogP contribution < -0.4 is 16.0 Å². The number of amides is 3. The first-order valence-corrected chi connectivity index (χ1v) is 8.67. The van der Waals surface area contributed by atoms with Gasteiger partial charge in [0.1, 0.15) is 0 Å². The van der Waals surface area contributed by atoms with E-state index in [0.29, 0.717) is 25.6 Å². The molecular formula is C18H27N5O2. The third-order valence-corrected chi connectivity index (χ3v) is 3.86. The van der Waals surface area contributed by atoms with E-state index in [-0.39, 0.29) is 18.5 Å². The quantitative estimate of drug-likeness (QED) is 0.390. The molecule has 0 bridgehead atoms. The first-order chi connectivity index (χ1) is 12.0. The number of carbonyl (C=O) groups excluding carboxylic acids is 2. The summed E-state index contributed by atoms with van der Waals surface area (Å²) in [4.78, 5) is 28.8. The predicted octanol–water partition coefficient (Wildman–Crippen LogP) is 0.953. The monoisotopic (exact) mass is 345 g/mol. The molecule has 1 fully saturated rings. The lowest BCUT2D eigenvalue weighted by Crippen LogP contribution is -2.43. The van der Waals surface area contributed by atoms with Crippen LogP contribution in [0.3, 0.4) is 0 Å². The van der Waals surface area contributed by atoms with Crippen LogP contribution in [0.25, 0.3) is 0 Å². The highest BCUT2D eigenvalue weighted by Crippen LogP contribution is 2.09. The van der Waals surface area contributed by atoms with Gasteiger partial charge in [0.2, 0.25) is 5.91 Å². The molecule has 7 heteroatoms. The van der Waals surface area contributed by atoms with Crippen LogP contribution in [-0.4, -0.2) is 55.5 Å². The summed E-state index contributed by atoms with van der Waals surface area (Å²) < 4.78 is 0.